The lowest BCUT2D eigenvalue weighted by Crippen LogP contribution is -2.18. The van der Waals surface area contributed by atoms with Gasteiger partial charge in [0.2, 0.25) is 0 Å². The number of nitrogens with one attached hydrogen (secondary N) is 1. The number of hydrogen-bond acceptors (Lipinski definition) is 7. The van der Waals surface area contributed by atoms with E-state index in [1.807, 2.05) is 25.1 Å². The Morgan fingerprint density at radius 3 is 2.81 bits per heavy atom. The highest BCUT2D eigenvalue weighted by Crippen LogP contribution is 2.37. The minimum Gasteiger partial charge on any atom is -0.467 e. The number of aromatic nitrogens is 3. The Labute approximate surface area is 156 Å². The summed E-state index contributed by atoms with van der Waals surface area (Å²) in [6.45, 7) is 2.21. The average Bonchev–Trinajstić information content (AvgIpc) is 3.27. The Kier molecular flexibility index (Phi) is 4.74. The molecule has 0 bridgehead atoms. The van der Waals surface area contributed by atoms with Crippen LogP contribution in [0.25, 0.3) is 20.8 Å². The molecular weight excluding hydrogens is 348 g/mol. The van der Waals surface area contributed by atoms with E-state index in [1.54, 1.807) is 18.4 Å². The Bertz CT molecular complexity index is 894. The van der Waals surface area contributed by atoms with Gasteiger partial charge in [0.05, 0.1) is 28.6 Å². The van der Waals surface area contributed by atoms with Crippen molar-refractivity contribution < 1.29 is 9.84 Å². The van der Waals surface area contributed by atoms with Gasteiger partial charge in [-0.15, -0.1) is 11.3 Å². The van der Waals surface area contributed by atoms with E-state index in [9.17, 15) is 5.11 Å². The number of aliphatic hydroxyl groups excluding tert-OH is 1. The topological polar surface area (TPSA) is 80.2 Å². The van der Waals surface area contributed by atoms with Gasteiger partial charge in [0.15, 0.2) is 0 Å². The third kappa shape index (κ3) is 3.24. The summed E-state index contributed by atoms with van der Waals surface area (Å²) >= 11 is 1.64. The summed E-state index contributed by atoms with van der Waals surface area (Å²) in [5.74, 6) is 1.13. The summed E-state index contributed by atoms with van der Waals surface area (Å²) in [5, 5.41) is 13.9. The van der Waals surface area contributed by atoms with E-state index in [0.717, 1.165) is 51.6 Å². The predicted octanol–water partition coefficient (Wildman–Crippen LogP) is 3.64. The van der Waals surface area contributed by atoms with Gasteiger partial charge >= 0.3 is 6.01 Å². The second-order valence-corrected chi connectivity index (χ2v) is 7.74. The maximum atomic E-state index is 9.41. The third-order valence-corrected chi connectivity index (χ3v) is 5.95. The smallest absolute Gasteiger partial charge is 0.318 e. The first-order chi connectivity index (χ1) is 12.7. The molecule has 1 fully saturated rings. The van der Waals surface area contributed by atoms with Crippen molar-refractivity contribution in [3.63, 3.8) is 0 Å². The number of nitrogens with zero attached hydrogens (tertiary/aromatic N) is 3. The van der Waals surface area contributed by atoms with Crippen molar-refractivity contribution in [1.82, 2.24) is 15.0 Å². The fourth-order valence-corrected chi connectivity index (χ4v) is 4.61. The van der Waals surface area contributed by atoms with Crippen molar-refractivity contribution in [3.8, 4) is 16.6 Å². The molecule has 2 heterocycles. The highest BCUT2D eigenvalue weighted by Gasteiger charge is 2.26. The number of methoxy groups -OCH3 is 1. The van der Waals surface area contributed by atoms with Gasteiger partial charge in [0, 0.05) is 12.6 Å². The van der Waals surface area contributed by atoms with Gasteiger partial charge in [-0.05, 0) is 44.2 Å². The number of hydrogen-bond donors (Lipinski definition) is 2. The standard InChI is InChI=1S/C19H22N4O2S/c1-11-16(18-22-14-5-3-4-6-15(14)26-18)17(23-19(20-11)25-2)21-13-8-7-12(9-13)10-24/h3-6,12-13,24H,7-10H2,1-2H3,(H,20,21,23)/t12-,13+/m1/s1. The van der Waals surface area contributed by atoms with Gasteiger partial charge in [-0.1, -0.05) is 12.1 Å². The van der Waals surface area contributed by atoms with Crippen LogP contribution in [-0.2, 0) is 0 Å². The number of thiazole rings is 1. The van der Waals surface area contributed by atoms with E-state index >= 15 is 0 Å². The molecule has 0 radical (unpaired) electrons. The highest BCUT2D eigenvalue weighted by atomic mass is 32.1. The first-order valence-corrected chi connectivity index (χ1v) is 9.65. The molecule has 1 saturated carbocycles. The quantitative estimate of drug-likeness (QED) is 0.714. The van der Waals surface area contributed by atoms with E-state index in [0.29, 0.717) is 18.0 Å². The lowest BCUT2D eigenvalue weighted by atomic mass is 10.1. The van der Waals surface area contributed by atoms with Gasteiger partial charge < -0.3 is 15.2 Å². The molecule has 2 aromatic heterocycles. The lowest BCUT2D eigenvalue weighted by molar-refractivity contribution is 0.229. The fourth-order valence-electron chi connectivity index (χ4n) is 3.54. The van der Waals surface area contributed by atoms with Crippen molar-refractivity contribution in [2.24, 2.45) is 5.92 Å². The molecule has 2 N–H and O–H groups in total. The molecule has 0 amide bonds. The normalized spacial score (nSPS) is 19.8. The van der Waals surface area contributed by atoms with Crippen molar-refractivity contribution in [2.45, 2.75) is 32.2 Å². The molecule has 0 unspecified atom stereocenters. The number of para-hydroxylation sites is 1. The Morgan fingerprint density at radius 1 is 1.23 bits per heavy atom. The van der Waals surface area contributed by atoms with Crippen LogP contribution in [0.2, 0.25) is 0 Å². The van der Waals surface area contributed by atoms with Crippen molar-refractivity contribution in [3.05, 3.63) is 30.0 Å². The Morgan fingerprint density at radius 2 is 2.08 bits per heavy atom. The van der Waals surface area contributed by atoms with Crippen LogP contribution in [0.5, 0.6) is 6.01 Å². The molecule has 1 aromatic carbocycles. The van der Waals surface area contributed by atoms with E-state index in [1.165, 1.54) is 0 Å². The molecule has 0 saturated heterocycles. The molecular formula is C19H22N4O2S. The Balaban J connectivity index is 1.75. The average molecular weight is 370 g/mol. The monoisotopic (exact) mass is 370 g/mol. The maximum Gasteiger partial charge on any atom is 0.318 e. The summed E-state index contributed by atoms with van der Waals surface area (Å²) in [4.78, 5) is 13.8. The first kappa shape index (κ1) is 17.2. The van der Waals surface area contributed by atoms with Crippen LogP contribution in [-0.4, -0.2) is 39.8 Å². The molecule has 0 spiro atoms. The zero-order chi connectivity index (χ0) is 18.1. The second-order valence-electron chi connectivity index (χ2n) is 6.71. The van der Waals surface area contributed by atoms with Crippen molar-refractivity contribution in [2.75, 3.05) is 19.0 Å². The third-order valence-electron chi connectivity index (χ3n) is 4.90. The van der Waals surface area contributed by atoms with E-state index < -0.39 is 0 Å². The lowest BCUT2D eigenvalue weighted by Gasteiger charge is -2.17. The first-order valence-electron chi connectivity index (χ1n) is 8.84. The minimum absolute atomic E-state index is 0.245. The van der Waals surface area contributed by atoms with Gasteiger partial charge in [0.1, 0.15) is 10.8 Å². The maximum absolute atomic E-state index is 9.41. The molecule has 1 aliphatic carbocycles. The summed E-state index contributed by atoms with van der Waals surface area (Å²) < 4.78 is 6.42. The zero-order valence-electron chi connectivity index (χ0n) is 14.9. The van der Waals surface area contributed by atoms with E-state index in [2.05, 4.69) is 21.4 Å². The van der Waals surface area contributed by atoms with Crippen LogP contribution in [0.3, 0.4) is 0 Å². The number of rotatable bonds is 5. The van der Waals surface area contributed by atoms with Gasteiger partial charge in [0.25, 0.3) is 0 Å². The van der Waals surface area contributed by atoms with Crippen LogP contribution < -0.4 is 10.1 Å². The molecule has 26 heavy (non-hydrogen) atoms. The number of aryl methyl sites for hydroxylation is 1. The van der Waals surface area contributed by atoms with Crippen LogP contribution in [0.15, 0.2) is 24.3 Å². The summed E-state index contributed by atoms with van der Waals surface area (Å²) in [6, 6.07) is 8.76. The SMILES string of the molecule is COc1nc(C)c(-c2nc3ccccc3s2)c(N[C@H]2CC[C@@H](CO)C2)n1. The number of benzene rings is 1. The molecule has 1 aliphatic rings. The number of anilines is 1. The summed E-state index contributed by atoms with van der Waals surface area (Å²) in [7, 11) is 1.58. The van der Waals surface area contributed by atoms with Crippen molar-refractivity contribution >= 4 is 27.4 Å². The van der Waals surface area contributed by atoms with Crippen LogP contribution in [0, 0.1) is 12.8 Å². The van der Waals surface area contributed by atoms with Gasteiger partial charge in [-0.2, -0.15) is 9.97 Å². The molecule has 0 aliphatic heterocycles. The van der Waals surface area contributed by atoms with Crippen LogP contribution in [0.4, 0.5) is 5.82 Å². The molecule has 7 heteroatoms. The summed E-state index contributed by atoms with van der Waals surface area (Å²) in [6.07, 6.45) is 3.00. The fraction of sp³-hybridized carbons (Fsp3) is 0.421. The molecule has 3 aromatic rings. The van der Waals surface area contributed by atoms with E-state index in [-0.39, 0.29) is 6.61 Å². The van der Waals surface area contributed by atoms with Gasteiger partial charge in [-0.25, -0.2) is 4.98 Å². The molecule has 2 atom stereocenters. The van der Waals surface area contributed by atoms with Crippen LogP contribution >= 0.6 is 11.3 Å². The zero-order valence-corrected chi connectivity index (χ0v) is 15.7. The molecule has 6 nitrogen and oxygen atoms in total. The summed E-state index contributed by atoms with van der Waals surface area (Å²) in [5.41, 5.74) is 2.75. The Hall–Kier alpha value is -2.25. The van der Waals surface area contributed by atoms with Gasteiger partial charge in [-0.3, -0.25) is 0 Å². The predicted molar refractivity (Wildman–Crippen MR) is 104 cm³/mol. The number of ether oxygens (including phenoxy) is 1. The molecule has 4 rings (SSSR count). The van der Waals surface area contributed by atoms with E-state index in [4.69, 9.17) is 9.72 Å². The minimum atomic E-state index is 0.245. The molecule has 136 valence electrons. The largest absolute Gasteiger partial charge is 0.467 e. The number of aliphatic hydroxyl groups is 1. The number of fused-ring (bicyclic) bond motifs is 1. The van der Waals surface area contributed by atoms with Crippen LogP contribution in [0.1, 0.15) is 25.0 Å². The second kappa shape index (κ2) is 7.17. The van der Waals surface area contributed by atoms with Crippen molar-refractivity contribution in [1.29, 1.82) is 0 Å². The highest BCUT2D eigenvalue weighted by molar-refractivity contribution is 7.21.